The van der Waals surface area contributed by atoms with Crippen LogP contribution in [0.1, 0.15) is 18.4 Å². The molecular formula is C13H18N2. The number of benzene rings is 1. The largest absolute Gasteiger partial charge is 0.361 e. The maximum absolute atomic E-state index is 3.32. The summed E-state index contributed by atoms with van der Waals surface area (Å²) in [5.41, 5.74) is 2.65. The molecule has 0 aliphatic heterocycles. The highest BCUT2D eigenvalue weighted by atomic mass is 15.1. The van der Waals surface area contributed by atoms with Gasteiger partial charge in [-0.3, -0.25) is 0 Å². The van der Waals surface area contributed by atoms with Crippen molar-refractivity contribution in [2.45, 2.75) is 12.8 Å². The minimum atomic E-state index is 0.566. The Bertz CT molecular complexity index is 442. The summed E-state index contributed by atoms with van der Waals surface area (Å²) in [6.07, 6.45) is 2.14. The van der Waals surface area contributed by atoms with Gasteiger partial charge in [0.25, 0.3) is 0 Å². The standard InChI is InChI=1S/C13H18N2/c1-10(9-15(2)3)12-8-14-13-7-5-4-6-11(12)13/h4-8,10,14H,9H2,1-3H3. The normalized spacial score (nSPS) is 13.6. The molecule has 80 valence electrons. The van der Waals surface area contributed by atoms with Gasteiger partial charge < -0.3 is 9.88 Å². The van der Waals surface area contributed by atoms with Gasteiger partial charge in [-0.1, -0.05) is 25.1 Å². The first-order valence-corrected chi connectivity index (χ1v) is 5.39. The molecule has 0 fully saturated rings. The van der Waals surface area contributed by atoms with Crippen LogP contribution in [-0.2, 0) is 0 Å². The zero-order chi connectivity index (χ0) is 10.8. The van der Waals surface area contributed by atoms with E-state index in [1.54, 1.807) is 0 Å². The molecule has 1 aromatic carbocycles. The Kier molecular flexibility index (Phi) is 2.78. The molecule has 1 heterocycles. The lowest BCUT2D eigenvalue weighted by molar-refractivity contribution is 0.384. The first kappa shape index (κ1) is 10.2. The third-order valence-corrected chi connectivity index (χ3v) is 2.79. The fraction of sp³-hybridized carbons (Fsp3) is 0.385. The van der Waals surface area contributed by atoms with Crippen LogP contribution in [-0.4, -0.2) is 30.5 Å². The molecule has 0 radical (unpaired) electrons. The molecule has 1 atom stereocenters. The molecule has 0 saturated heterocycles. The molecule has 0 saturated carbocycles. The number of hydrogen-bond donors (Lipinski definition) is 1. The third kappa shape index (κ3) is 2.05. The second-order valence-corrected chi connectivity index (χ2v) is 4.45. The molecule has 2 aromatic rings. The van der Waals surface area contributed by atoms with Crippen molar-refractivity contribution in [1.82, 2.24) is 9.88 Å². The van der Waals surface area contributed by atoms with E-state index in [1.165, 1.54) is 16.5 Å². The van der Waals surface area contributed by atoms with Crippen molar-refractivity contribution in [2.24, 2.45) is 0 Å². The van der Waals surface area contributed by atoms with E-state index in [0.717, 1.165) is 6.54 Å². The second kappa shape index (κ2) is 4.07. The first-order valence-electron chi connectivity index (χ1n) is 5.39. The Morgan fingerprint density at radius 3 is 2.73 bits per heavy atom. The van der Waals surface area contributed by atoms with Gasteiger partial charge >= 0.3 is 0 Å². The van der Waals surface area contributed by atoms with Crippen LogP contribution in [0.4, 0.5) is 0 Å². The molecule has 0 bridgehead atoms. The van der Waals surface area contributed by atoms with E-state index in [4.69, 9.17) is 0 Å². The minimum Gasteiger partial charge on any atom is -0.361 e. The maximum Gasteiger partial charge on any atom is 0.0456 e. The lowest BCUT2D eigenvalue weighted by Crippen LogP contribution is -2.18. The molecule has 0 aliphatic rings. The molecular weight excluding hydrogens is 184 g/mol. The number of H-pyrrole nitrogens is 1. The second-order valence-electron chi connectivity index (χ2n) is 4.45. The van der Waals surface area contributed by atoms with Crippen LogP contribution in [0.5, 0.6) is 0 Å². The molecule has 1 unspecified atom stereocenters. The van der Waals surface area contributed by atoms with Gasteiger partial charge in [-0.2, -0.15) is 0 Å². The lowest BCUT2D eigenvalue weighted by Gasteiger charge is -2.16. The topological polar surface area (TPSA) is 19.0 Å². The van der Waals surface area contributed by atoms with Gasteiger partial charge in [-0.25, -0.2) is 0 Å². The van der Waals surface area contributed by atoms with Crippen molar-refractivity contribution in [3.8, 4) is 0 Å². The average molecular weight is 202 g/mol. The maximum atomic E-state index is 3.32. The quantitative estimate of drug-likeness (QED) is 0.811. The van der Waals surface area contributed by atoms with Crippen LogP contribution in [0, 0.1) is 0 Å². The molecule has 1 aromatic heterocycles. The van der Waals surface area contributed by atoms with E-state index in [1.807, 2.05) is 0 Å². The van der Waals surface area contributed by atoms with E-state index in [0.29, 0.717) is 5.92 Å². The summed E-state index contributed by atoms with van der Waals surface area (Å²) in [5.74, 6) is 0.566. The third-order valence-electron chi connectivity index (χ3n) is 2.79. The summed E-state index contributed by atoms with van der Waals surface area (Å²) in [6.45, 7) is 3.36. The van der Waals surface area contributed by atoms with E-state index in [2.05, 4.69) is 61.4 Å². The Hall–Kier alpha value is -1.28. The monoisotopic (exact) mass is 202 g/mol. The zero-order valence-corrected chi connectivity index (χ0v) is 9.62. The Morgan fingerprint density at radius 2 is 2.00 bits per heavy atom. The number of para-hydroxylation sites is 1. The molecule has 0 aliphatic carbocycles. The van der Waals surface area contributed by atoms with Gasteiger partial charge in [-0.05, 0) is 31.6 Å². The lowest BCUT2D eigenvalue weighted by atomic mass is 10.0. The van der Waals surface area contributed by atoms with Crippen molar-refractivity contribution in [1.29, 1.82) is 0 Å². The van der Waals surface area contributed by atoms with Crippen LogP contribution in [0.25, 0.3) is 10.9 Å². The number of hydrogen-bond acceptors (Lipinski definition) is 1. The van der Waals surface area contributed by atoms with Gasteiger partial charge in [-0.15, -0.1) is 0 Å². The van der Waals surface area contributed by atoms with Gasteiger partial charge in [0.15, 0.2) is 0 Å². The van der Waals surface area contributed by atoms with Crippen LogP contribution < -0.4 is 0 Å². The Labute approximate surface area is 90.9 Å². The summed E-state index contributed by atoms with van der Waals surface area (Å²) >= 11 is 0. The van der Waals surface area contributed by atoms with Gasteiger partial charge in [0.1, 0.15) is 0 Å². The number of nitrogens with zero attached hydrogens (tertiary/aromatic N) is 1. The van der Waals surface area contributed by atoms with Gasteiger partial charge in [0, 0.05) is 23.6 Å². The van der Waals surface area contributed by atoms with Crippen LogP contribution in [0.2, 0.25) is 0 Å². The predicted octanol–water partition coefficient (Wildman–Crippen LogP) is 2.83. The number of fused-ring (bicyclic) bond motifs is 1. The highest BCUT2D eigenvalue weighted by Gasteiger charge is 2.11. The fourth-order valence-electron chi connectivity index (χ4n) is 2.15. The summed E-state index contributed by atoms with van der Waals surface area (Å²) < 4.78 is 0. The summed E-state index contributed by atoms with van der Waals surface area (Å²) in [6, 6.07) is 8.48. The van der Waals surface area contributed by atoms with Crippen molar-refractivity contribution in [3.63, 3.8) is 0 Å². The number of aromatic amines is 1. The first-order chi connectivity index (χ1) is 7.18. The SMILES string of the molecule is CC(CN(C)C)c1c[nH]c2ccccc12. The summed E-state index contributed by atoms with van der Waals surface area (Å²) in [5, 5.41) is 1.35. The minimum absolute atomic E-state index is 0.566. The van der Waals surface area contributed by atoms with Gasteiger partial charge in [0.2, 0.25) is 0 Å². The fourth-order valence-corrected chi connectivity index (χ4v) is 2.15. The van der Waals surface area contributed by atoms with E-state index < -0.39 is 0 Å². The van der Waals surface area contributed by atoms with E-state index in [-0.39, 0.29) is 0 Å². The average Bonchev–Trinajstić information content (AvgIpc) is 2.59. The summed E-state index contributed by atoms with van der Waals surface area (Å²) in [4.78, 5) is 5.55. The van der Waals surface area contributed by atoms with Crippen molar-refractivity contribution >= 4 is 10.9 Å². The summed E-state index contributed by atoms with van der Waals surface area (Å²) in [7, 11) is 4.23. The molecule has 2 heteroatoms. The number of rotatable bonds is 3. The van der Waals surface area contributed by atoms with E-state index in [9.17, 15) is 0 Å². The van der Waals surface area contributed by atoms with Crippen molar-refractivity contribution in [3.05, 3.63) is 36.0 Å². The molecule has 0 amide bonds. The highest BCUT2D eigenvalue weighted by Crippen LogP contribution is 2.25. The van der Waals surface area contributed by atoms with Crippen LogP contribution >= 0.6 is 0 Å². The van der Waals surface area contributed by atoms with Crippen molar-refractivity contribution in [2.75, 3.05) is 20.6 Å². The Morgan fingerprint density at radius 1 is 1.27 bits per heavy atom. The molecule has 2 nitrogen and oxygen atoms in total. The highest BCUT2D eigenvalue weighted by molar-refractivity contribution is 5.83. The van der Waals surface area contributed by atoms with Crippen LogP contribution in [0.3, 0.4) is 0 Å². The van der Waals surface area contributed by atoms with Crippen LogP contribution in [0.15, 0.2) is 30.5 Å². The molecule has 0 spiro atoms. The van der Waals surface area contributed by atoms with Gasteiger partial charge in [0.05, 0.1) is 0 Å². The zero-order valence-electron chi connectivity index (χ0n) is 9.62. The Balaban J connectivity index is 2.35. The number of aromatic nitrogens is 1. The number of likely N-dealkylation sites (N-methyl/N-ethyl adjacent to an activating group) is 1. The smallest absolute Gasteiger partial charge is 0.0456 e. The number of nitrogens with one attached hydrogen (secondary N) is 1. The molecule has 1 N–H and O–H groups in total. The predicted molar refractivity (Wildman–Crippen MR) is 65.3 cm³/mol. The molecule has 15 heavy (non-hydrogen) atoms. The molecule has 2 rings (SSSR count). The van der Waals surface area contributed by atoms with Crippen molar-refractivity contribution < 1.29 is 0 Å². The van der Waals surface area contributed by atoms with E-state index >= 15 is 0 Å².